The Hall–Kier alpha value is -1.30. The van der Waals surface area contributed by atoms with Gasteiger partial charge in [0, 0.05) is 13.1 Å². The number of rotatable bonds is 7. The summed E-state index contributed by atoms with van der Waals surface area (Å²) in [7, 11) is 0. The molecule has 0 radical (unpaired) electrons. The molecule has 1 fully saturated rings. The van der Waals surface area contributed by atoms with Crippen LogP contribution in [0.3, 0.4) is 0 Å². The first kappa shape index (κ1) is 21.7. The Kier molecular flexibility index (Phi) is 8.69. The standard InChI is InChI=1S/C19H37N3O3/c1-14(2)16(21-18(24)25-19(4,5)6)17(23)20-10-8-12-22-11-7-9-15(3)13-22/h14-16H,7-13H2,1-6H3,(H,20,23)(H,21,24). The van der Waals surface area contributed by atoms with Crippen LogP contribution in [0.2, 0.25) is 0 Å². The van der Waals surface area contributed by atoms with Crippen LogP contribution in [0.1, 0.15) is 60.8 Å². The summed E-state index contributed by atoms with van der Waals surface area (Å²) in [6.45, 7) is 15.5. The number of hydrogen-bond donors (Lipinski definition) is 2. The lowest BCUT2D eigenvalue weighted by molar-refractivity contribution is -0.124. The third kappa shape index (κ3) is 9.10. The van der Waals surface area contributed by atoms with Crippen molar-refractivity contribution >= 4 is 12.0 Å². The molecule has 0 spiro atoms. The van der Waals surface area contributed by atoms with Gasteiger partial charge >= 0.3 is 6.09 Å². The molecule has 2 amide bonds. The molecule has 146 valence electrons. The molecule has 1 aliphatic heterocycles. The highest BCUT2D eigenvalue weighted by Gasteiger charge is 2.26. The summed E-state index contributed by atoms with van der Waals surface area (Å²) in [5.41, 5.74) is -0.576. The first-order chi connectivity index (χ1) is 11.6. The van der Waals surface area contributed by atoms with Crippen molar-refractivity contribution in [3.63, 3.8) is 0 Å². The molecule has 0 aromatic rings. The minimum atomic E-state index is -0.579. The summed E-state index contributed by atoms with van der Waals surface area (Å²) in [6.07, 6.45) is 2.96. The molecule has 2 atom stereocenters. The highest BCUT2D eigenvalue weighted by Crippen LogP contribution is 2.15. The van der Waals surface area contributed by atoms with Gasteiger partial charge in [0.25, 0.3) is 0 Å². The smallest absolute Gasteiger partial charge is 0.408 e. The number of carbonyl (C=O) groups excluding carboxylic acids is 2. The Balaban J connectivity index is 2.34. The lowest BCUT2D eigenvalue weighted by Gasteiger charge is -2.30. The number of amides is 2. The second-order valence-electron chi connectivity index (χ2n) is 8.56. The zero-order valence-electron chi connectivity index (χ0n) is 16.9. The molecule has 2 N–H and O–H groups in total. The molecule has 25 heavy (non-hydrogen) atoms. The Morgan fingerprint density at radius 2 is 1.96 bits per heavy atom. The summed E-state index contributed by atoms with van der Waals surface area (Å²) in [6, 6.07) is -0.579. The van der Waals surface area contributed by atoms with E-state index >= 15 is 0 Å². The van der Waals surface area contributed by atoms with Gasteiger partial charge in [-0.1, -0.05) is 20.8 Å². The summed E-state index contributed by atoms with van der Waals surface area (Å²) < 4.78 is 5.25. The average molecular weight is 356 g/mol. The van der Waals surface area contributed by atoms with Crippen LogP contribution in [0.4, 0.5) is 4.79 Å². The van der Waals surface area contributed by atoms with E-state index in [1.807, 2.05) is 13.8 Å². The van der Waals surface area contributed by atoms with Crippen LogP contribution >= 0.6 is 0 Å². The Labute approximate surface area is 153 Å². The fraction of sp³-hybridized carbons (Fsp3) is 0.895. The minimum Gasteiger partial charge on any atom is -0.444 e. The molecule has 1 rings (SSSR count). The van der Waals surface area contributed by atoms with Crippen molar-refractivity contribution in [2.75, 3.05) is 26.2 Å². The Morgan fingerprint density at radius 1 is 1.28 bits per heavy atom. The van der Waals surface area contributed by atoms with Gasteiger partial charge in [-0.05, 0) is 65.0 Å². The van der Waals surface area contributed by atoms with Gasteiger partial charge in [0.05, 0.1) is 0 Å². The number of nitrogens with zero attached hydrogens (tertiary/aromatic N) is 1. The van der Waals surface area contributed by atoms with Crippen LogP contribution in [0.25, 0.3) is 0 Å². The van der Waals surface area contributed by atoms with Crippen LogP contribution in [0.15, 0.2) is 0 Å². The number of likely N-dealkylation sites (tertiary alicyclic amines) is 1. The molecule has 0 bridgehead atoms. The molecular weight excluding hydrogens is 318 g/mol. The molecule has 1 saturated heterocycles. The fourth-order valence-electron chi connectivity index (χ4n) is 3.08. The highest BCUT2D eigenvalue weighted by molar-refractivity contribution is 5.85. The first-order valence-electron chi connectivity index (χ1n) is 9.58. The number of hydrogen-bond acceptors (Lipinski definition) is 4. The molecule has 1 heterocycles. The molecule has 0 aliphatic carbocycles. The van der Waals surface area contributed by atoms with Crippen molar-refractivity contribution in [2.45, 2.75) is 72.4 Å². The number of ether oxygens (including phenoxy) is 1. The zero-order chi connectivity index (χ0) is 19.0. The normalized spacial score (nSPS) is 20.2. The maximum atomic E-state index is 12.4. The average Bonchev–Trinajstić information content (AvgIpc) is 2.47. The number of alkyl carbamates (subject to hydrolysis) is 1. The lowest BCUT2D eigenvalue weighted by atomic mass is 10.0. The van der Waals surface area contributed by atoms with E-state index in [0.717, 1.165) is 32.0 Å². The quantitative estimate of drug-likeness (QED) is 0.689. The van der Waals surface area contributed by atoms with Crippen LogP contribution in [0, 0.1) is 11.8 Å². The van der Waals surface area contributed by atoms with Crippen molar-refractivity contribution in [2.24, 2.45) is 11.8 Å². The summed E-state index contributed by atoms with van der Waals surface area (Å²) in [4.78, 5) is 26.8. The van der Waals surface area contributed by atoms with Gasteiger partial charge in [-0.2, -0.15) is 0 Å². The third-order valence-electron chi connectivity index (χ3n) is 4.31. The topological polar surface area (TPSA) is 70.7 Å². The van der Waals surface area contributed by atoms with E-state index in [0.29, 0.717) is 6.54 Å². The summed E-state index contributed by atoms with van der Waals surface area (Å²) >= 11 is 0. The molecule has 6 nitrogen and oxygen atoms in total. The molecule has 0 aromatic carbocycles. The maximum Gasteiger partial charge on any atom is 0.408 e. The van der Waals surface area contributed by atoms with E-state index in [1.165, 1.54) is 12.8 Å². The SMILES string of the molecule is CC1CCCN(CCCNC(=O)C(NC(=O)OC(C)(C)C)C(C)C)C1. The number of carbonyl (C=O) groups is 2. The van der Waals surface area contributed by atoms with E-state index in [4.69, 9.17) is 4.74 Å². The van der Waals surface area contributed by atoms with Gasteiger partial charge in [0.15, 0.2) is 0 Å². The number of nitrogens with one attached hydrogen (secondary N) is 2. The van der Waals surface area contributed by atoms with Gasteiger partial charge in [-0.3, -0.25) is 4.79 Å². The van der Waals surface area contributed by atoms with Crippen molar-refractivity contribution in [1.82, 2.24) is 15.5 Å². The summed E-state index contributed by atoms with van der Waals surface area (Å²) in [5.74, 6) is 0.620. The predicted molar refractivity (Wildman–Crippen MR) is 100 cm³/mol. The number of piperidine rings is 1. The Morgan fingerprint density at radius 3 is 2.52 bits per heavy atom. The van der Waals surface area contributed by atoms with Gasteiger partial charge in [0.1, 0.15) is 11.6 Å². The highest BCUT2D eigenvalue weighted by atomic mass is 16.6. The molecule has 2 unspecified atom stereocenters. The van der Waals surface area contributed by atoms with Crippen molar-refractivity contribution in [1.29, 1.82) is 0 Å². The molecule has 1 aliphatic rings. The largest absolute Gasteiger partial charge is 0.444 e. The maximum absolute atomic E-state index is 12.4. The monoisotopic (exact) mass is 355 g/mol. The molecule has 0 aromatic heterocycles. The van der Waals surface area contributed by atoms with E-state index < -0.39 is 17.7 Å². The van der Waals surface area contributed by atoms with E-state index in [9.17, 15) is 9.59 Å². The zero-order valence-corrected chi connectivity index (χ0v) is 16.9. The van der Waals surface area contributed by atoms with Crippen molar-refractivity contribution in [3.8, 4) is 0 Å². The van der Waals surface area contributed by atoms with Crippen molar-refractivity contribution in [3.05, 3.63) is 0 Å². The minimum absolute atomic E-state index is 0.00420. The van der Waals surface area contributed by atoms with Crippen molar-refractivity contribution < 1.29 is 14.3 Å². The lowest BCUT2D eigenvalue weighted by Crippen LogP contribution is -2.51. The van der Waals surface area contributed by atoms with Crippen LogP contribution in [-0.4, -0.2) is 54.7 Å². The van der Waals surface area contributed by atoms with Gasteiger partial charge in [0.2, 0.25) is 5.91 Å². The molecule has 6 heteroatoms. The summed E-state index contributed by atoms with van der Waals surface area (Å²) in [5, 5.41) is 5.63. The van der Waals surface area contributed by atoms with Gasteiger partial charge in [-0.25, -0.2) is 4.79 Å². The Bertz CT molecular complexity index is 432. The molecule has 0 saturated carbocycles. The predicted octanol–water partition coefficient (Wildman–Crippen LogP) is 2.77. The first-order valence-corrected chi connectivity index (χ1v) is 9.58. The van der Waals surface area contributed by atoms with Crippen LogP contribution < -0.4 is 10.6 Å². The van der Waals surface area contributed by atoms with Crippen LogP contribution in [-0.2, 0) is 9.53 Å². The third-order valence-corrected chi connectivity index (χ3v) is 4.31. The van der Waals surface area contributed by atoms with E-state index in [2.05, 4.69) is 22.5 Å². The second-order valence-corrected chi connectivity index (χ2v) is 8.56. The molecular formula is C19H37N3O3. The van der Waals surface area contributed by atoms with Gasteiger partial charge in [-0.15, -0.1) is 0 Å². The van der Waals surface area contributed by atoms with Gasteiger partial charge < -0.3 is 20.3 Å². The van der Waals surface area contributed by atoms with Crippen LogP contribution in [0.5, 0.6) is 0 Å². The van der Waals surface area contributed by atoms with E-state index in [-0.39, 0.29) is 11.8 Å². The fourth-order valence-corrected chi connectivity index (χ4v) is 3.08. The second kappa shape index (κ2) is 10.00. The van der Waals surface area contributed by atoms with E-state index in [1.54, 1.807) is 20.8 Å².